The molecule has 144 valence electrons. The highest BCUT2D eigenvalue weighted by Gasteiger charge is 2.06. The van der Waals surface area contributed by atoms with E-state index < -0.39 is 0 Å². The highest BCUT2D eigenvalue weighted by atomic mass is 35.5. The molecule has 0 bridgehead atoms. The van der Waals surface area contributed by atoms with Crippen molar-refractivity contribution in [2.45, 2.75) is 18.3 Å². The van der Waals surface area contributed by atoms with Crippen molar-refractivity contribution in [1.29, 1.82) is 0 Å². The van der Waals surface area contributed by atoms with E-state index in [1.54, 1.807) is 34.6 Å². The van der Waals surface area contributed by atoms with Crippen LogP contribution >= 0.6 is 11.8 Å². The summed E-state index contributed by atoms with van der Waals surface area (Å²) in [6.07, 6.45) is 0. The molecule has 0 radical (unpaired) electrons. The van der Waals surface area contributed by atoms with Crippen molar-refractivity contribution in [2.24, 2.45) is 7.05 Å². The lowest BCUT2D eigenvalue weighted by molar-refractivity contribution is -0.00000646. The van der Waals surface area contributed by atoms with Gasteiger partial charge in [0.25, 0.3) is 0 Å². The van der Waals surface area contributed by atoms with Crippen LogP contribution < -0.4 is 22.5 Å². The van der Waals surface area contributed by atoms with Crippen LogP contribution in [-0.2, 0) is 20.2 Å². The number of hydrogen-bond acceptors (Lipinski definition) is 6. The maximum atomic E-state index is 13.7. The molecule has 0 amide bonds. The Morgan fingerprint density at radius 1 is 1.11 bits per heavy atom. The predicted molar refractivity (Wildman–Crippen MR) is 98.4 cm³/mol. The minimum atomic E-state index is -0.251. The van der Waals surface area contributed by atoms with Crippen molar-refractivity contribution in [3.63, 3.8) is 0 Å². The van der Waals surface area contributed by atoms with Gasteiger partial charge in [-0.1, -0.05) is 48.2 Å². The quantitative estimate of drug-likeness (QED) is 0.391. The van der Waals surface area contributed by atoms with E-state index in [1.165, 1.54) is 6.07 Å². The molecule has 1 aromatic heterocycles. The van der Waals surface area contributed by atoms with E-state index in [2.05, 4.69) is 20.8 Å². The van der Waals surface area contributed by atoms with E-state index in [4.69, 9.17) is 4.74 Å². The Bertz CT molecular complexity index is 848. The Kier molecular flexibility index (Phi) is 8.50. The fraction of sp³-hybridized carbons (Fsp3) is 0.278. The number of rotatable bonds is 9. The van der Waals surface area contributed by atoms with Gasteiger partial charge in [-0.3, -0.25) is 0 Å². The third-order valence-corrected chi connectivity index (χ3v) is 4.73. The molecule has 0 aliphatic carbocycles. The minimum Gasteiger partial charge on any atom is -1.00 e. The predicted octanol–water partition coefficient (Wildman–Crippen LogP) is -0.186. The second kappa shape index (κ2) is 10.9. The number of halogens is 2. The van der Waals surface area contributed by atoms with Gasteiger partial charge in [0.2, 0.25) is 5.16 Å². The molecule has 2 aromatic carbocycles. The lowest BCUT2D eigenvalue weighted by Crippen LogP contribution is -3.00. The average Bonchev–Trinajstić information content (AvgIpc) is 3.06. The van der Waals surface area contributed by atoms with Gasteiger partial charge in [0.15, 0.2) is 0 Å². The summed E-state index contributed by atoms with van der Waals surface area (Å²) in [4.78, 5) is 0. The van der Waals surface area contributed by atoms with Crippen LogP contribution in [-0.4, -0.2) is 32.5 Å². The number of aromatic nitrogens is 4. The number of hydrogen-bond donors (Lipinski definition) is 1. The minimum absolute atomic E-state index is 0. The standard InChI is InChI=1S/C18H20FN5OS.ClH/c1-24-18(21-22-23-24)26-11-10-20-12-14-6-3-5-9-17(14)25-13-15-7-2-4-8-16(15)19;/h2-9,20H,10-13H2,1H3;1H/p-1. The maximum Gasteiger partial charge on any atom is 0.209 e. The SMILES string of the molecule is Cn1nnnc1SCCNCc1ccccc1OCc1ccccc1F.[Cl-]. The molecule has 0 fully saturated rings. The van der Waals surface area contributed by atoms with Crippen LogP contribution in [0.25, 0.3) is 0 Å². The lowest BCUT2D eigenvalue weighted by Gasteiger charge is -2.12. The van der Waals surface area contributed by atoms with Crippen molar-refractivity contribution in [1.82, 2.24) is 25.5 Å². The first kappa shape index (κ1) is 21.1. The van der Waals surface area contributed by atoms with Crippen LogP contribution in [0, 0.1) is 5.82 Å². The van der Waals surface area contributed by atoms with Crippen LogP contribution in [0.15, 0.2) is 53.7 Å². The number of aryl methyl sites for hydroxylation is 1. The lowest BCUT2D eigenvalue weighted by atomic mass is 10.2. The van der Waals surface area contributed by atoms with Gasteiger partial charge in [0, 0.05) is 37.0 Å². The third-order valence-electron chi connectivity index (χ3n) is 3.72. The number of nitrogens with one attached hydrogen (secondary N) is 1. The molecule has 0 spiro atoms. The molecule has 0 aliphatic rings. The normalized spacial score (nSPS) is 10.4. The van der Waals surface area contributed by atoms with E-state index in [-0.39, 0.29) is 24.8 Å². The van der Waals surface area contributed by atoms with Gasteiger partial charge in [-0.2, -0.15) is 0 Å². The van der Waals surface area contributed by atoms with Crippen LogP contribution in [0.3, 0.4) is 0 Å². The van der Waals surface area contributed by atoms with Crippen molar-refractivity contribution in [2.75, 3.05) is 12.3 Å². The molecule has 3 rings (SSSR count). The third kappa shape index (κ3) is 6.20. The van der Waals surface area contributed by atoms with Gasteiger partial charge in [-0.15, -0.1) is 5.10 Å². The molecular formula is C18H20ClFN5OS-. The van der Waals surface area contributed by atoms with E-state index >= 15 is 0 Å². The zero-order valence-electron chi connectivity index (χ0n) is 14.8. The summed E-state index contributed by atoms with van der Waals surface area (Å²) in [6.45, 7) is 1.68. The van der Waals surface area contributed by atoms with Crippen molar-refractivity contribution < 1.29 is 21.5 Å². The van der Waals surface area contributed by atoms with Gasteiger partial charge in [0.1, 0.15) is 18.2 Å². The van der Waals surface area contributed by atoms with Gasteiger partial charge in [0.05, 0.1) is 0 Å². The van der Waals surface area contributed by atoms with Crippen LogP contribution in [0.1, 0.15) is 11.1 Å². The molecule has 0 saturated heterocycles. The molecule has 0 atom stereocenters. The van der Waals surface area contributed by atoms with Crippen LogP contribution in [0.2, 0.25) is 0 Å². The van der Waals surface area contributed by atoms with E-state index in [9.17, 15) is 4.39 Å². The first-order valence-corrected chi connectivity index (χ1v) is 9.22. The average molecular weight is 409 g/mol. The summed E-state index contributed by atoms with van der Waals surface area (Å²) in [7, 11) is 1.82. The molecule has 9 heteroatoms. The van der Waals surface area contributed by atoms with E-state index in [0.29, 0.717) is 12.1 Å². The Hall–Kier alpha value is -2.16. The van der Waals surface area contributed by atoms with Crippen LogP contribution in [0.5, 0.6) is 5.75 Å². The Balaban J connectivity index is 0.00000261. The van der Waals surface area contributed by atoms with Crippen molar-refractivity contribution >= 4 is 11.8 Å². The van der Waals surface area contributed by atoms with Crippen molar-refractivity contribution in [3.05, 3.63) is 65.5 Å². The Morgan fingerprint density at radius 3 is 2.59 bits per heavy atom. The summed E-state index contributed by atoms with van der Waals surface area (Å²) in [5.74, 6) is 1.36. The first-order chi connectivity index (χ1) is 12.7. The van der Waals surface area contributed by atoms with Gasteiger partial charge in [-0.05, 0) is 22.6 Å². The number of ether oxygens (including phenoxy) is 1. The molecule has 1 heterocycles. The number of thioether (sulfide) groups is 1. The maximum absolute atomic E-state index is 13.7. The fourth-order valence-electron chi connectivity index (χ4n) is 2.34. The molecule has 0 aliphatic heterocycles. The fourth-order valence-corrected chi connectivity index (χ4v) is 3.09. The molecule has 3 aromatic rings. The smallest absolute Gasteiger partial charge is 0.209 e. The zero-order chi connectivity index (χ0) is 18.2. The number of tetrazole rings is 1. The van der Waals surface area contributed by atoms with Gasteiger partial charge in [-0.25, -0.2) is 9.07 Å². The second-order valence-corrected chi connectivity index (χ2v) is 6.66. The molecule has 0 saturated carbocycles. The molecular weight excluding hydrogens is 389 g/mol. The Morgan fingerprint density at radius 2 is 1.85 bits per heavy atom. The monoisotopic (exact) mass is 408 g/mol. The molecule has 1 N–H and O–H groups in total. The van der Waals surface area contributed by atoms with Gasteiger partial charge < -0.3 is 22.5 Å². The largest absolute Gasteiger partial charge is 1.00 e. The Labute approximate surface area is 167 Å². The van der Waals surface area contributed by atoms with E-state index in [1.807, 2.05) is 31.3 Å². The molecule has 6 nitrogen and oxygen atoms in total. The van der Waals surface area contributed by atoms with Gasteiger partial charge >= 0.3 is 0 Å². The summed E-state index contributed by atoms with van der Waals surface area (Å²) < 4.78 is 21.2. The summed E-state index contributed by atoms with van der Waals surface area (Å²) >= 11 is 1.59. The summed E-state index contributed by atoms with van der Waals surface area (Å²) in [5, 5.41) is 15.5. The van der Waals surface area contributed by atoms with E-state index in [0.717, 1.165) is 28.8 Å². The molecule has 27 heavy (non-hydrogen) atoms. The van der Waals surface area contributed by atoms with Crippen LogP contribution in [0.4, 0.5) is 4.39 Å². The zero-order valence-corrected chi connectivity index (χ0v) is 16.4. The second-order valence-electron chi connectivity index (χ2n) is 5.60. The highest BCUT2D eigenvalue weighted by molar-refractivity contribution is 7.99. The first-order valence-electron chi connectivity index (χ1n) is 8.24. The van der Waals surface area contributed by atoms with Crippen molar-refractivity contribution in [3.8, 4) is 5.75 Å². The molecule has 0 unspecified atom stereocenters. The number of para-hydroxylation sites is 1. The highest BCUT2D eigenvalue weighted by Crippen LogP contribution is 2.20. The summed E-state index contributed by atoms with van der Waals surface area (Å²) in [5.41, 5.74) is 1.58. The summed E-state index contributed by atoms with van der Waals surface area (Å²) in [6, 6.07) is 14.4. The number of nitrogens with zero attached hydrogens (tertiary/aromatic N) is 4. The topological polar surface area (TPSA) is 64.9 Å². The number of benzene rings is 2.